The molecule has 1 unspecified atom stereocenters. The number of rotatable bonds is 3. The molecule has 0 bridgehead atoms. The van der Waals surface area contributed by atoms with Crippen molar-refractivity contribution >= 4 is 11.8 Å². The van der Waals surface area contributed by atoms with Crippen molar-refractivity contribution in [3.8, 4) is 0 Å². The number of hydrogen-bond acceptors (Lipinski definition) is 3. The van der Waals surface area contributed by atoms with E-state index in [9.17, 15) is 14.0 Å². The number of carbonyl (C=O) groups excluding carboxylic acids is 2. The van der Waals surface area contributed by atoms with Gasteiger partial charge in [0, 0.05) is 31.5 Å². The summed E-state index contributed by atoms with van der Waals surface area (Å²) >= 11 is 0. The molecular weight excluding hydrogens is 335 g/mol. The topological polar surface area (TPSA) is 49.9 Å². The standard InChI is InChI=1S/C20H27FN2O3/c1-14(2)19(24)22-9-7-16(8-10-22)20(25)23-11-12-26-18(13-23)15-3-5-17(21)6-4-15/h3-6,14,16,18H,7-13H2,1-2H3. The van der Waals surface area contributed by atoms with Crippen LogP contribution in [0.25, 0.3) is 0 Å². The maximum Gasteiger partial charge on any atom is 0.225 e. The molecule has 0 aliphatic carbocycles. The third-order valence-corrected chi connectivity index (χ3v) is 5.27. The molecule has 5 nitrogen and oxygen atoms in total. The van der Waals surface area contributed by atoms with Gasteiger partial charge in [0.25, 0.3) is 0 Å². The molecule has 2 aliphatic rings. The van der Waals surface area contributed by atoms with Crippen molar-refractivity contribution in [3.05, 3.63) is 35.6 Å². The van der Waals surface area contributed by atoms with Gasteiger partial charge in [-0.2, -0.15) is 0 Å². The van der Waals surface area contributed by atoms with Gasteiger partial charge in [-0.3, -0.25) is 9.59 Å². The molecule has 6 heteroatoms. The van der Waals surface area contributed by atoms with Crippen LogP contribution in [0.4, 0.5) is 4.39 Å². The smallest absolute Gasteiger partial charge is 0.225 e. The summed E-state index contributed by atoms with van der Waals surface area (Å²) in [5.74, 6) is 0.00652. The molecule has 3 rings (SSSR count). The Balaban J connectivity index is 1.56. The van der Waals surface area contributed by atoms with Crippen molar-refractivity contribution in [1.29, 1.82) is 0 Å². The van der Waals surface area contributed by atoms with Crippen LogP contribution in [0.2, 0.25) is 0 Å². The van der Waals surface area contributed by atoms with E-state index in [0.29, 0.717) is 32.8 Å². The molecule has 142 valence electrons. The van der Waals surface area contributed by atoms with Gasteiger partial charge in [0.2, 0.25) is 11.8 Å². The third-order valence-electron chi connectivity index (χ3n) is 5.27. The zero-order chi connectivity index (χ0) is 18.7. The minimum atomic E-state index is -0.278. The molecule has 26 heavy (non-hydrogen) atoms. The molecule has 0 aromatic heterocycles. The first-order valence-electron chi connectivity index (χ1n) is 9.40. The molecule has 0 saturated carbocycles. The third kappa shape index (κ3) is 4.23. The maximum atomic E-state index is 13.1. The van der Waals surface area contributed by atoms with Crippen LogP contribution >= 0.6 is 0 Å². The largest absolute Gasteiger partial charge is 0.370 e. The first-order chi connectivity index (χ1) is 12.5. The van der Waals surface area contributed by atoms with E-state index < -0.39 is 0 Å². The molecule has 0 radical (unpaired) electrons. The van der Waals surface area contributed by atoms with E-state index in [1.807, 2.05) is 23.6 Å². The predicted molar refractivity (Wildman–Crippen MR) is 95.8 cm³/mol. The van der Waals surface area contributed by atoms with Gasteiger partial charge < -0.3 is 14.5 Å². The van der Waals surface area contributed by atoms with Crippen molar-refractivity contribution in [3.63, 3.8) is 0 Å². The lowest BCUT2D eigenvalue weighted by Gasteiger charge is -2.38. The zero-order valence-corrected chi connectivity index (χ0v) is 15.5. The van der Waals surface area contributed by atoms with Crippen molar-refractivity contribution in [2.24, 2.45) is 11.8 Å². The molecule has 2 amide bonds. The number of nitrogens with zero attached hydrogens (tertiary/aromatic N) is 2. The fourth-order valence-electron chi connectivity index (χ4n) is 3.70. The maximum absolute atomic E-state index is 13.1. The van der Waals surface area contributed by atoms with Crippen LogP contribution in [-0.2, 0) is 14.3 Å². The van der Waals surface area contributed by atoms with Gasteiger partial charge in [0.15, 0.2) is 0 Å². The van der Waals surface area contributed by atoms with E-state index in [0.717, 1.165) is 18.4 Å². The van der Waals surface area contributed by atoms with Gasteiger partial charge in [-0.1, -0.05) is 26.0 Å². The van der Waals surface area contributed by atoms with E-state index >= 15 is 0 Å². The van der Waals surface area contributed by atoms with Crippen molar-refractivity contribution in [1.82, 2.24) is 9.80 Å². The SMILES string of the molecule is CC(C)C(=O)N1CCC(C(=O)N2CCOC(c3ccc(F)cc3)C2)CC1. The van der Waals surface area contributed by atoms with Gasteiger partial charge >= 0.3 is 0 Å². The molecule has 0 N–H and O–H groups in total. The van der Waals surface area contributed by atoms with Gasteiger partial charge in [-0.25, -0.2) is 4.39 Å². The van der Waals surface area contributed by atoms with Crippen molar-refractivity contribution in [2.75, 3.05) is 32.8 Å². The number of halogens is 1. The number of morpholine rings is 1. The van der Waals surface area contributed by atoms with E-state index in [4.69, 9.17) is 4.74 Å². The molecule has 0 spiro atoms. The summed E-state index contributed by atoms with van der Waals surface area (Å²) in [7, 11) is 0. The highest BCUT2D eigenvalue weighted by atomic mass is 19.1. The lowest BCUT2D eigenvalue weighted by Crippen LogP contribution is -2.48. The summed E-state index contributed by atoms with van der Waals surface area (Å²) in [6, 6.07) is 6.26. The van der Waals surface area contributed by atoms with Gasteiger partial charge in [0.1, 0.15) is 11.9 Å². The number of ether oxygens (including phenoxy) is 1. The molecule has 2 aliphatic heterocycles. The zero-order valence-electron chi connectivity index (χ0n) is 15.5. The Labute approximate surface area is 154 Å². The van der Waals surface area contributed by atoms with Crippen LogP contribution < -0.4 is 0 Å². The van der Waals surface area contributed by atoms with Crippen molar-refractivity contribution in [2.45, 2.75) is 32.8 Å². The number of carbonyl (C=O) groups is 2. The molecular formula is C20H27FN2O3. The predicted octanol–water partition coefficient (Wildman–Crippen LogP) is 2.62. The Morgan fingerprint density at radius 3 is 2.35 bits per heavy atom. The van der Waals surface area contributed by atoms with E-state index in [1.165, 1.54) is 12.1 Å². The van der Waals surface area contributed by atoms with Crippen LogP contribution in [0, 0.1) is 17.7 Å². The highest BCUT2D eigenvalue weighted by Crippen LogP contribution is 2.26. The molecule has 2 saturated heterocycles. The summed E-state index contributed by atoms with van der Waals surface area (Å²) in [5.41, 5.74) is 0.890. The normalized spacial score (nSPS) is 21.9. The first kappa shape index (κ1) is 18.8. The van der Waals surface area contributed by atoms with E-state index in [1.54, 1.807) is 12.1 Å². The molecule has 1 aromatic carbocycles. The summed E-state index contributed by atoms with van der Waals surface area (Å²) in [4.78, 5) is 28.7. The van der Waals surface area contributed by atoms with Crippen LogP contribution in [0.1, 0.15) is 38.4 Å². The second kappa shape index (κ2) is 8.16. The van der Waals surface area contributed by atoms with E-state index in [-0.39, 0.29) is 35.6 Å². The highest BCUT2D eigenvalue weighted by molar-refractivity contribution is 5.81. The average Bonchev–Trinajstić information content (AvgIpc) is 2.67. The average molecular weight is 362 g/mol. The monoisotopic (exact) mass is 362 g/mol. The summed E-state index contributed by atoms with van der Waals surface area (Å²) in [5, 5.41) is 0. The Hall–Kier alpha value is -1.95. The minimum Gasteiger partial charge on any atom is -0.370 e. The van der Waals surface area contributed by atoms with Crippen LogP contribution in [0.5, 0.6) is 0 Å². The Morgan fingerprint density at radius 1 is 1.08 bits per heavy atom. The van der Waals surface area contributed by atoms with Crippen molar-refractivity contribution < 1.29 is 18.7 Å². The van der Waals surface area contributed by atoms with Gasteiger partial charge in [-0.05, 0) is 30.5 Å². The van der Waals surface area contributed by atoms with Gasteiger partial charge in [-0.15, -0.1) is 0 Å². The molecule has 1 atom stereocenters. The second-order valence-electron chi connectivity index (χ2n) is 7.45. The van der Waals surface area contributed by atoms with Crippen LogP contribution in [-0.4, -0.2) is 54.4 Å². The number of benzene rings is 1. The van der Waals surface area contributed by atoms with E-state index in [2.05, 4.69) is 0 Å². The number of amides is 2. The van der Waals surface area contributed by atoms with Crippen LogP contribution in [0.15, 0.2) is 24.3 Å². The fraction of sp³-hybridized carbons (Fsp3) is 0.600. The number of hydrogen-bond donors (Lipinski definition) is 0. The quantitative estimate of drug-likeness (QED) is 0.831. The number of piperidine rings is 1. The minimum absolute atomic E-state index is 0.00189. The summed E-state index contributed by atoms with van der Waals surface area (Å²) < 4.78 is 18.9. The summed E-state index contributed by atoms with van der Waals surface area (Å²) in [6.45, 7) is 6.68. The summed E-state index contributed by atoms with van der Waals surface area (Å²) in [6.07, 6.45) is 1.22. The molecule has 1 aromatic rings. The highest BCUT2D eigenvalue weighted by Gasteiger charge is 2.33. The Kier molecular flexibility index (Phi) is 5.91. The Morgan fingerprint density at radius 2 is 1.73 bits per heavy atom. The van der Waals surface area contributed by atoms with Crippen LogP contribution in [0.3, 0.4) is 0 Å². The van der Waals surface area contributed by atoms with Gasteiger partial charge in [0.05, 0.1) is 13.2 Å². The fourth-order valence-corrected chi connectivity index (χ4v) is 3.70. The molecule has 2 heterocycles. The first-order valence-corrected chi connectivity index (χ1v) is 9.40. The lowest BCUT2D eigenvalue weighted by atomic mass is 9.94. The number of likely N-dealkylation sites (tertiary alicyclic amines) is 1. The lowest BCUT2D eigenvalue weighted by molar-refractivity contribution is -0.147. The second-order valence-corrected chi connectivity index (χ2v) is 7.45. The Bertz CT molecular complexity index is 639. The molecule has 2 fully saturated rings.